The smallest absolute Gasteiger partial charge is 0.180 e. The molecule has 0 aliphatic carbocycles. The van der Waals surface area contributed by atoms with Crippen molar-refractivity contribution in [1.82, 2.24) is 4.90 Å². The van der Waals surface area contributed by atoms with Crippen LogP contribution in [0.1, 0.15) is 39.2 Å². The highest BCUT2D eigenvalue weighted by Crippen LogP contribution is 2.30. The van der Waals surface area contributed by atoms with Gasteiger partial charge in [-0.25, -0.2) is 0 Å². The topological polar surface area (TPSA) is 38.8 Å². The molecular weight excluding hydrogens is 497 g/mol. The molecule has 3 aromatic rings. The second kappa shape index (κ2) is 12.1. The largest absolute Gasteiger partial charge is 0.489 e. The Kier molecular flexibility index (Phi) is 8.72. The Morgan fingerprint density at radius 3 is 2.41 bits per heavy atom. The van der Waals surface area contributed by atoms with Crippen LogP contribution in [0, 0.1) is 0 Å². The molecule has 1 heterocycles. The van der Waals surface area contributed by atoms with Crippen LogP contribution in [-0.4, -0.2) is 43.1 Å². The van der Waals surface area contributed by atoms with Gasteiger partial charge in [0, 0.05) is 25.2 Å². The van der Waals surface area contributed by atoms with Crippen LogP contribution < -0.4 is 9.47 Å². The van der Waals surface area contributed by atoms with Gasteiger partial charge in [0.25, 0.3) is 0 Å². The minimum absolute atomic E-state index is 0.0113. The first-order valence-electron chi connectivity index (χ1n) is 11.6. The third-order valence-corrected chi connectivity index (χ3v) is 6.87. The predicted molar refractivity (Wildman–Crippen MR) is 136 cm³/mol. The normalized spacial score (nSPS) is 16.8. The van der Waals surface area contributed by atoms with E-state index < -0.39 is 4.83 Å². The summed E-state index contributed by atoms with van der Waals surface area (Å²) in [6, 6.07) is 24.9. The van der Waals surface area contributed by atoms with Gasteiger partial charge in [0.2, 0.25) is 0 Å². The third kappa shape index (κ3) is 6.67. The molecule has 3 aromatic carbocycles. The molecule has 4 nitrogen and oxygen atoms in total. The molecule has 1 saturated heterocycles. The average Bonchev–Trinajstić information content (AvgIpc) is 3.34. The number of likely N-dealkylation sites (tertiary alicyclic amines) is 1. The number of alkyl halides is 2. The van der Waals surface area contributed by atoms with Crippen LogP contribution in [0.4, 0.5) is 4.39 Å². The van der Waals surface area contributed by atoms with Crippen LogP contribution in [0.15, 0.2) is 78.9 Å². The lowest BCUT2D eigenvalue weighted by atomic mass is 10.0. The fourth-order valence-corrected chi connectivity index (χ4v) is 4.61. The van der Waals surface area contributed by atoms with Crippen LogP contribution in [0.5, 0.6) is 11.5 Å². The summed E-state index contributed by atoms with van der Waals surface area (Å²) < 4.78 is 24.3. The molecule has 2 atom stereocenters. The molecule has 1 aliphatic heterocycles. The van der Waals surface area contributed by atoms with Crippen molar-refractivity contribution < 1.29 is 18.7 Å². The quantitative estimate of drug-likeness (QED) is 0.214. The molecule has 0 aromatic heterocycles. The maximum atomic E-state index is 13.0. The fourth-order valence-electron chi connectivity index (χ4n) is 4.04. The number of carbonyl (C=O) groups is 1. The summed E-state index contributed by atoms with van der Waals surface area (Å²) in [5.41, 5.74) is 2.60. The highest BCUT2D eigenvalue weighted by Gasteiger charge is 2.24. The molecule has 0 N–H and O–H groups in total. The first kappa shape index (κ1) is 24.4. The standard InChI is InChI=1S/C28H29BrFNO3/c29-27(22-7-11-24(12-8-22)33-20-21-5-2-1-3-6-21)28(32)23-9-13-25(14-10-23)34-26-15-18-31(19-26)17-4-16-30/h1-3,5-14,26-27H,4,15-20H2. The van der Waals surface area contributed by atoms with Crippen molar-refractivity contribution in [2.45, 2.75) is 30.4 Å². The Morgan fingerprint density at radius 1 is 1.00 bits per heavy atom. The van der Waals surface area contributed by atoms with E-state index in [2.05, 4.69) is 20.8 Å². The second-order valence-corrected chi connectivity index (χ2v) is 9.38. The number of halogens is 2. The van der Waals surface area contributed by atoms with Crippen molar-refractivity contribution in [2.75, 3.05) is 26.3 Å². The number of Topliss-reactive ketones (excluding diaryl/α,β-unsaturated/α-hetero) is 1. The summed E-state index contributed by atoms with van der Waals surface area (Å²) in [5.74, 6) is 1.50. The Labute approximate surface area is 208 Å². The third-order valence-electron chi connectivity index (χ3n) is 5.93. The number of hydrogen-bond donors (Lipinski definition) is 0. The van der Waals surface area contributed by atoms with Crippen molar-refractivity contribution in [3.63, 3.8) is 0 Å². The van der Waals surface area contributed by atoms with Crippen LogP contribution in [0.3, 0.4) is 0 Å². The number of hydrogen-bond acceptors (Lipinski definition) is 4. The van der Waals surface area contributed by atoms with Gasteiger partial charge < -0.3 is 9.47 Å². The molecule has 0 bridgehead atoms. The number of ether oxygens (including phenoxy) is 2. The van der Waals surface area contributed by atoms with Crippen molar-refractivity contribution in [1.29, 1.82) is 0 Å². The second-order valence-electron chi connectivity index (χ2n) is 8.47. The number of benzene rings is 3. The molecule has 34 heavy (non-hydrogen) atoms. The molecule has 4 rings (SSSR count). The molecule has 6 heteroatoms. The maximum Gasteiger partial charge on any atom is 0.180 e. The zero-order chi connectivity index (χ0) is 23.8. The van der Waals surface area contributed by atoms with Gasteiger partial charge in [0.05, 0.1) is 6.67 Å². The molecule has 0 spiro atoms. The van der Waals surface area contributed by atoms with Crippen LogP contribution in [0.25, 0.3) is 0 Å². The van der Waals surface area contributed by atoms with Crippen molar-refractivity contribution >= 4 is 21.7 Å². The Hall–Kier alpha value is -2.70. The van der Waals surface area contributed by atoms with Gasteiger partial charge in [-0.1, -0.05) is 58.4 Å². The van der Waals surface area contributed by atoms with Crippen molar-refractivity contribution in [3.05, 3.63) is 95.6 Å². The summed E-state index contributed by atoms with van der Waals surface area (Å²) in [6.07, 6.45) is 1.61. The monoisotopic (exact) mass is 525 g/mol. The van der Waals surface area contributed by atoms with Gasteiger partial charge >= 0.3 is 0 Å². The minimum Gasteiger partial charge on any atom is -0.489 e. The molecule has 0 radical (unpaired) electrons. The SMILES string of the molecule is O=C(c1ccc(OC2CCN(CCCF)C2)cc1)C(Br)c1ccc(OCc2ccccc2)cc1. The van der Waals surface area contributed by atoms with E-state index in [1.807, 2.05) is 66.7 Å². The zero-order valence-electron chi connectivity index (χ0n) is 19.0. The highest BCUT2D eigenvalue weighted by molar-refractivity contribution is 9.09. The number of nitrogens with zero attached hydrogens (tertiary/aromatic N) is 1. The first-order valence-corrected chi connectivity index (χ1v) is 12.5. The lowest BCUT2D eigenvalue weighted by molar-refractivity contribution is 0.0991. The molecule has 0 amide bonds. The summed E-state index contributed by atoms with van der Waals surface area (Å²) in [5, 5.41) is 0. The molecular formula is C28H29BrFNO3. The van der Waals surface area contributed by atoms with Gasteiger partial charge in [-0.15, -0.1) is 0 Å². The van der Waals surface area contributed by atoms with E-state index in [0.29, 0.717) is 18.6 Å². The lowest BCUT2D eigenvalue weighted by Crippen LogP contribution is -2.26. The Balaban J connectivity index is 1.29. The first-order chi connectivity index (χ1) is 16.6. The number of rotatable bonds is 11. The van der Waals surface area contributed by atoms with Gasteiger partial charge in [-0.3, -0.25) is 14.1 Å². The fraction of sp³-hybridized carbons (Fsp3) is 0.321. The maximum absolute atomic E-state index is 13.0. The Morgan fingerprint density at radius 2 is 1.71 bits per heavy atom. The van der Waals surface area contributed by atoms with E-state index in [9.17, 15) is 9.18 Å². The number of ketones is 1. The summed E-state index contributed by atoms with van der Waals surface area (Å²) in [4.78, 5) is 14.8. The molecule has 178 valence electrons. The van der Waals surface area contributed by atoms with Gasteiger partial charge in [-0.2, -0.15) is 0 Å². The summed E-state index contributed by atoms with van der Waals surface area (Å²) in [7, 11) is 0. The predicted octanol–water partition coefficient (Wildman–Crippen LogP) is 6.40. The average molecular weight is 526 g/mol. The summed E-state index contributed by atoms with van der Waals surface area (Å²) >= 11 is 3.55. The van der Waals surface area contributed by atoms with Gasteiger partial charge in [-0.05, 0) is 60.4 Å². The van der Waals surface area contributed by atoms with E-state index in [-0.39, 0.29) is 18.6 Å². The lowest BCUT2D eigenvalue weighted by Gasteiger charge is -2.16. The van der Waals surface area contributed by atoms with E-state index >= 15 is 0 Å². The molecule has 1 aliphatic rings. The van der Waals surface area contributed by atoms with E-state index in [4.69, 9.17) is 9.47 Å². The van der Waals surface area contributed by atoms with Crippen LogP contribution in [-0.2, 0) is 6.61 Å². The van der Waals surface area contributed by atoms with E-state index in [1.165, 1.54) is 0 Å². The van der Waals surface area contributed by atoms with Gasteiger partial charge in [0.1, 0.15) is 29.0 Å². The zero-order valence-corrected chi connectivity index (χ0v) is 20.6. The van der Waals surface area contributed by atoms with Gasteiger partial charge in [0.15, 0.2) is 5.78 Å². The van der Waals surface area contributed by atoms with Crippen molar-refractivity contribution in [2.24, 2.45) is 0 Å². The number of carbonyl (C=O) groups excluding carboxylic acids is 1. The van der Waals surface area contributed by atoms with E-state index in [0.717, 1.165) is 48.7 Å². The highest BCUT2D eigenvalue weighted by atomic mass is 79.9. The van der Waals surface area contributed by atoms with Crippen LogP contribution >= 0.6 is 15.9 Å². The molecule has 1 fully saturated rings. The van der Waals surface area contributed by atoms with E-state index in [1.54, 1.807) is 12.1 Å². The van der Waals surface area contributed by atoms with Crippen LogP contribution in [0.2, 0.25) is 0 Å². The minimum atomic E-state index is -0.443. The summed E-state index contributed by atoms with van der Waals surface area (Å²) in [6.45, 7) is 2.74. The Bertz CT molecular complexity index is 1040. The van der Waals surface area contributed by atoms with Crippen molar-refractivity contribution in [3.8, 4) is 11.5 Å². The molecule has 0 saturated carbocycles. The molecule has 2 unspecified atom stereocenters.